The highest BCUT2D eigenvalue weighted by molar-refractivity contribution is 9.10. The molecule has 1 aromatic heterocycles. The van der Waals surface area contributed by atoms with Crippen LogP contribution in [0.25, 0.3) is 0 Å². The molecule has 0 amide bonds. The summed E-state index contributed by atoms with van der Waals surface area (Å²) in [6.07, 6.45) is 0. The summed E-state index contributed by atoms with van der Waals surface area (Å²) >= 11 is 3.43. The molecule has 12 nitrogen and oxygen atoms in total. The summed E-state index contributed by atoms with van der Waals surface area (Å²) in [6, 6.07) is 11.8. The van der Waals surface area contributed by atoms with Crippen LogP contribution in [0.15, 0.2) is 66.4 Å². The molecule has 0 aliphatic heterocycles. The van der Waals surface area contributed by atoms with E-state index in [0.29, 0.717) is 5.69 Å². The molecule has 3 aromatic rings. The number of amidine groups is 1. The Morgan fingerprint density at radius 1 is 1.18 bits per heavy atom. The van der Waals surface area contributed by atoms with E-state index in [9.17, 15) is 13.6 Å². The van der Waals surface area contributed by atoms with E-state index in [0.717, 1.165) is 15.6 Å². The van der Waals surface area contributed by atoms with E-state index < -0.39 is 10.0 Å². The van der Waals surface area contributed by atoms with Crippen molar-refractivity contribution in [2.24, 2.45) is 15.7 Å². The molecule has 0 aliphatic carbocycles. The number of aliphatic imine (C=N–C) groups is 2. The van der Waals surface area contributed by atoms with Gasteiger partial charge in [0.2, 0.25) is 11.8 Å². The van der Waals surface area contributed by atoms with E-state index in [1.807, 2.05) is 25.4 Å². The molecule has 0 bridgehead atoms. The molecular formula is C20H23BrN8O4S. The van der Waals surface area contributed by atoms with Gasteiger partial charge in [0.05, 0.1) is 17.1 Å². The second-order valence-electron chi connectivity index (χ2n) is 7.08. The summed E-state index contributed by atoms with van der Waals surface area (Å²) < 4.78 is 32.5. The number of hydrogen-bond donors (Lipinski definition) is 5. The van der Waals surface area contributed by atoms with Gasteiger partial charge >= 0.3 is 0 Å². The Morgan fingerprint density at radius 2 is 1.91 bits per heavy atom. The van der Waals surface area contributed by atoms with Crippen molar-refractivity contribution in [1.29, 1.82) is 0 Å². The molecule has 0 unspecified atom stereocenters. The van der Waals surface area contributed by atoms with Crippen molar-refractivity contribution in [1.82, 2.24) is 20.5 Å². The Bertz CT molecular complexity index is 1310. The quantitative estimate of drug-likeness (QED) is 0.121. The molecule has 2 aromatic carbocycles. The normalized spacial score (nSPS) is 12.5. The van der Waals surface area contributed by atoms with Crippen LogP contribution in [0.4, 0.5) is 11.5 Å². The van der Waals surface area contributed by atoms with Crippen LogP contribution in [-0.4, -0.2) is 48.8 Å². The maximum absolute atomic E-state index is 12.4. The first-order chi connectivity index (χ1) is 16.2. The molecule has 0 saturated heterocycles. The molecule has 6 N–H and O–H groups in total. The lowest BCUT2D eigenvalue weighted by molar-refractivity contribution is 0.234. The van der Waals surface area contributed by atoms with Gasteiger partial charge in [-0.2, -0.15) is 0 Å². The standard InChI is InChI=1S/C20H23BrN8O4S/c1-12-3-7-15(8-4-12)34(31,32)29-20(22)24-10-9-23-18-17(27-33-28-18)19(26-30)25-14-6-5-13(2)16(21)11-14/h3-8,11,30H,9-10H2,1-2H3,(H,23,28)(H,25,26)(H3,22,24,29). The highest BCUT2D eigenvalue weighted by Gasteiger charge is 2.17. The lowest BCUT2D eigenvalue weighted by Gasteiger charge is -2.08. The Hall–Kier alpha value is -3.49. The number of anilines is 1. The maximum Gasteiger partial charge on any atom is 0.264 e. The van der Waals surface area contributed by atoms with Crippen LogP contribution in [0, 0.1) is 13.8 Å². The van der Waals surface area contributed by atoms with Gasteiger partial charge < -0.3 is 11.1 Å². The first-order valence-electron chi connectivity index (χ1n) is 9.91. The second-order valence-corrected chi connectivity index (χ2v) is 9.62. The molecule has 0 aliphatic rings. The molecule has 0 fully saturated rings. The van der Waals surface area contributed by atoms with Crippen molar-refractivity contribution in [3.8, 4) is 0 Å². The van der Waals surface area contributed by atoms with Crippen molar-refractivity contribution in [3.05, 3.63) is 63.8 Å². The summed E-state index contributed by atoms with van der Waals surface area (Å²) in [5.74, 6) is -0.0565. The maximum atomic E-state index is 12.4. The Balaban J connectivity index is 1.62. The first-order valence-corrected chi connectivity index (χ1v) is 12.2. The fourth-order valence-corrected chi connectivity index (χ4v) is 3.99. The van der Waals surface area contributed by atoms with Crippen LogP contribution in [0.1, 0.15) is 16.8 Å². The summed E-state index contributed by atoms with van der Waals surface area (Å²) in [7, 11) is -3.83. The van der Waals surface area contributed by atoms with Gasteiger partial charge in [0.1, 0.15) is 0 Å². The summed E-state index contributed by atoms with van der Waals surface area (Å²) in [5.41, 5.74) is 10.4. The highest BCUT2D eigenvalue weighted by Crippen LogP contribution is 2.23. The fourth-order valence-electron chi connectivity index (χ4n) is 2.67. The van der Waals surface area contributed by atoms with Crippen LogP contribution < -0.4 is 21.3 Å². The summed E-state index contributed by atoms with van der Waals surface area (Å²) in [4.78, 5) is 8.39. The van der Waals surface area contributed by atoms with Crippen LogP contribution in [0.5, 0.6) is 0 Å². The van der Waals surface area contributed by atoms with Gasteiger partial charge in [0.25, 0.3) is 10.0 Å². The number of benzene rings is 2. The van der Waals surface area contributed by atoms with Gasteiger partial charge in [-0.25, -0.2) is 22.8 Å². The molecule has 34 heavy (non-hydrogen) atoms. The number of hydrogen-bond acceptors (Lipinski definition) is 9. The average molecular weight is 551 g/mol. The van der Waals surface area contributed by atoms with Crippen LogP contribution in [-0.2, 0) is 10.0 Å². The van der Waals surface area contributed by atoms with E-state index >= 15 is 0 Å². The van der Waals surface area contributed by atoms with Gasteiger partial charge in [-0.05, 0) is 54.0 Å². The van der Waals surface area contributed by atoms with Crippen molar-refractivity contribution in [2.75, 3.05) is 18.4 Å². The third kappa shape index (κ3) is 6.52. The Kier molecular flexibility index (Phi) is 8.20. The van der Waals surface area contributed by atoms with Gasteiger partial charge in [-0.1, -0.05) is 39.7 Å². The minimum atomic E-state index is -3.83. The van der Waals surface area contributed by atoms with Crippen LogP contribution >= 0.6 is 15.9 Å². The average Bonchev–Trinajstić information content (AvgIpc) is 3.25. The largest absolute Gasteiger partial charge is 0.369 e. The van der Waals surface area contributed by atoms with Crippen LogP contribution in [0.2, 0.25) is 0 Å². The van der Waals surface area contributed by atoms with Crippen molar-refractivity contribution in [3.63, 3.8) is 0 Å². The zero-order valence-corrected chi connectivity index (χ0v) is 20.7. The number of rotatable bonds is 8. The number of halogens is 1. The van der Waals surface area contributed by atoms with Crippen molar-refractivity contribution in [2.45, 2.75) is 18.7 Å². The molecule has 0 saturated carbocycles. The van der Waals surface area contributed by atoms with Gasteiger partial charge in [-0.3, -0.25) is 15.7 Å². The van der Waals surface area contributed by atoms with Crippen molar-refractivity contribution < 1.29 is 18.3 Å². The molecule has 180 valence electrons. The molecule has 0 atom stereocenters. The molecule has 3 rings (SSSR count). The zero-order valence-electron chi connectivity index (χ0n) is 18.3. The monoisotopic (exact) mass is 550 g/mol. The number of aryl methyl sites for hydroxylation is 2. The smallest absolute Gasteiger partial charge is 0.264 e. The number of hydroxylamine groups is 1. The number of nitrogens with one attached hydrogen (secondary N) is 3. The number of nitrogens with zero attached hydrogens (tertiary/aromatic N) is 4. The third-order valence-electron chi connectivity index (χ3n) is 4.47. The number of nitrogens with two attached hydrogens (primary N) is 1. The Morgan fingerprint density at radius 3 is 2.59 bits per heavy atom. The predicted octanol–water partition coefficient (Wildman–Crippen LogP) is 2.21. The van der Waals surface area contributed by atoms with E-state index in [-0.39, 0.29) is 41.3 Å². The SMILES string of the molecule is Cc1ccc(S(=O)(=O)NC(N)=NCCNc2nonc2C(=Nc2ccc(C)c(Br)c2)NO)cc1. The topological polar surface area (TPSA) is 180 Å². The second kappa shape index (κ2) is 11.1. The van der Waals surface area contributed by atoms with E-state index in [2.05, 4.69) is 46.3 Å². The predicted molar refractivity (Wildman–Crippen MR) is 131 cm³/mol. The van der Waals surface area contributed by atoms with Crippen LogP contribution in [0.3, 0.4) is 0 Å². The van der Waals surface area contributed by atoms with Gasteiger partial charge in [-0.15, -0.1) is 0 Å². The molecule has 0 radical (unpaired) electrons. The van der Waals surface area contributed by atoms with Gasteiger partial charge in [0, 0.05) is 11.0 Å². The number of sulfonamides is 1. The lowest BCUT2D eigenvalue weighted by Crippen LogP contribution is -2.37. The summed E-state index contributed by atoms with van der Waals surface area (Å²) in [5, 5.41) is 20.0. The van der Waals surface area contributed by atoms with Crippen molar-refractivity contribution >= 4 is 49.3 Å². The van der Waals surface area contributed by atoms with E-state index in [1.54, 1.807) is 24.3 Å². The summed E-state index contributed by atoms with van der Waals surface area (Å²) in [6.45, 7) is 4.12. The zero-order chi connectivity index (χ0) is 24.7. The molecule has 14 heteroatoms. The molecule has 1 heterocycles. The Labute approximate surface area is 204 Å². The minimum absolute atomic E-state index is 0.00776. The molecule has 0 spiro atoms. The first kappa shape index (κ1) is 25.1. The fraction of sp³-hybridized carbons (Fsp3) is 0.200. The minimum Gasteiger partial charge on any atom is -0.369 e. The third-order valence-corrected chi connectivity index (χ3v) is 6.70. The molecular weight excluding hydrogens is 528 g/mol. The lowest BCUT2D eigenvalue weighted by atomic mass is 10.2. The highest BCUT2D eigenvalue weighted by atomic mass is 79.9. The van der Waals surface area contributed by atoms with E-state index in [4.69, 9.17) is 10.4 Å². The van der Waals surface area contributed by atoms with Gasteiger partial charge in [0.15, 0.2) is 11.5 Å². The van der Waals surface area contributed by atoms with E-state index in [1.165, 1.54) is 12.1 Å². The number of guanidine groups is 1. The number of aromatic nitrogens is 2.